The summed E-state index contributed by atoms with van der Waals surface area (Å²) in [5.41, 5.74) is 7.83. The van der Waals surface area contributed by atoms with E-state index in [0.29, 0.717) is 16.7 Å². The fraction of sp³-hybridized carbons (Fsp3) is 0.806. The summed E-state index contributed by atoms with van der Waals surface area (Å²) in [6.45, 7) is 12.2. The van der Waals surface area contributed by atoms with E-state index < -0.39 is 0 Å². The fourth-order valence-electron chi connectivity index (χ4n) is 9.77. The molecule has 2 saturated carbocycles. The van der Waals surface area contributed by atoms with Gasteiger partial charge in [-0.25, -0.2) is 0 Å². The third-order valence-electron chi connectivity index (χ3n) is 11.4. The summed E-state index contributed by atoms with van der Waals surface area (Å²) in [5.74, 6) is 2.33. The van der Waals surface area contributed by atoms with Crippen molar-refractivity contribution in [3.63, 3.8) is 0 Å². The molecule has 0 radical (unpaired) electrons. The molecular formula is C31H48O. The molecule has 1 nitrogen and oxygen atoms in total. The Hall–Kier alpha value is -0.820. The lowest BCUT2D eigenvalue weighted by Crippen LogP contribution is -2.54. The maximum absolute atomic E-state index is 11.2. The maximum atomic E-state index is 11.2. The lowest BCUT2D eigenvalue weighted by molar-refractivity contribution is -0.108. The molecule has 0 aliphatic heterocycles. The normalized spacial score (nSPS) is 41.1. The molecule has 1 heteroatoms. The Morgan fingerprint density at radius 2 is 1.81 bits per heavy atom. The third kappa shape index (κ3) is 3.27. The summed E-state index contributed by atoms with van der Waals surface area (Å²) < 4.78 is 0. The number of allylic oxidation sites excluding steroid dienone is 6. The van der Waals surface area contributed by atoms with Gasteiger partial charge in [0.1, 0.15) is 0 Å². The van der Waals surface area contributed by atoms with Crippen molar-refractivity contribution in [1.82, 2.24) is 0 Å². The molecule has 0 aromatic carbocycles. The van der Waals surface area contributed by atoms with Crippen LogP contribution in [0.25, 0.3) is 0 Å². The molecule has 32 heavy (non-hydrogen) atoms. The van der Waals surface area contributed by atoms with Crippen LogP contribution >= 0.6 is 0 Å². The van der Waals surface area contributed by atoms with Gasteiger partial charge in [0.15, 0.2) is 0 Å². The van der Waals surface area contributed by atoms with E-state index in [1.54, 1.807) is 11.1 Å². The van der Waals surface area contributed by atoms with E-state index >= 15 is 0 Å². The van der Waals surface area contributed by atoms with Gasteiger partial charge in [0.2, 0.25) is 0 Å². The maximum Gasteiger partial charge on any atom is 0.0599 e. The molecule has 0 aromatic rings. The Bertz CT molecular complexity index is 833. The average Bonchev–Trinajstić information content (AvgIpc) is 3.36. The highest BCUT2D eigenvalue weighted by Crippen LogP contribution is 2.69. The zero-order valence-electron chi connectivity index (χ0n) is 21.6. The highest BCUT2D eigenvalue weighted by molar-refractivity contribution is 5.50. The second-order valence-electron chi connectivity index (χ2n) is 13.2. The van der Waals surface area contributed by atoms with Crippen molar-refractivity contribution in [2.45, 2.75) is 124 Å². The van der Waals surface area contributed by atoms with E-state index in [1.807, 2.05) is 5.57 Å². The van der Waals surface area contributed by atoms with Crippen LogP contribution in [0.15, 0.2) is 34.4 Å². The molecule has 0 heterocycles. The van der Waals surface area contributed by atoms with E-state index in [9.17, 15) is 5.11 Å². The zero-order chi connectivity index (χ0) is 22.7. The standard InChI is InChI=1S/C31H48O/c1-21(2)9-8-10-22(3)24-12-13-25-23-11-14-27-30(5,26(23)15-19-29(24,25)4)20-16-28(32)31(27)17-6-7-18-31/h9,13,22,24,27-28,32H,6-8,10-12,14-20H2,1-5H3/t22-,24-,27?,28?,29-,30-/m1/s1. The summed E-state index contributed by atoms with van der Waals surface area (Å²) in [7, 11) is 0. The van der Waals surface area contributed by atoms with Crippen molar-refractivity contribution >= 4 is 0 Å². The molecule has 0 amide bonds. The minimum Gasteiger partial charge on any atom is -0.393 e. The molecule has 1 N–H and O–H groups in total. The highest BCUT2D eigenvalue weighted by atomic mass is 16.3. The molecule has 2 unspecified atom stereocenters. The van der Waals surface area contributed by atoms with E-state index in [1.165, 1.54) is 82.6 Å². The molecule has 1 spiro atoms. The van der Waals surface area contributed by atoms with Crippen molar-refractivity contribution in [2.75, 3.05) is 0 Å². The minimum atomic E-state index is -0.0455. The predicted molar refractivity (Wildman–Crippen MR) is 135 cm³/mol. The number of hydrogen-bond donors (Lipinski definition) is 1. The van der Waals surface area contributed by atoms with Gasteiger partial charge in [-0.1, -0.05) is 56.9 Å². The number of rotatable bonds is 4. The van der Waals surface area contributed by atoms with Crippen LogP contribution in [-0.4, -0.2) is 11.2 Å². The Balaban J connectivity index is 1.42. The largest absolute Gasteiger partial charge is 0.393 e. The monoisotopic (exact) mass is 436 g/mol. The summed E-state index contributed by atoms with van der Waals surface area (Å²) >= 11 is 0. The van der Waals surface area contributed by atoms with Crippen LogP contribution in [0.3, 0.4) is 0 Å². The first-order valence-corrected chi connectivity index (χ1v) is 14.0. The van der Waals surface area contributed by atoms with Crippen molar-refractivity contribution in [1.29, 1.82) is 0 Å². The van der Waals surface area contributed by atoms with Crippen molar-refractivity contribution in [2.24, 2.45) is 34.0 Å². The van der Waals surface area contributed by atoms with Gasteiger partial charge in [-0.15, -0.1) is 0 Å². The minimum absolute atomic E-state index is 0.0455. The molecule has 5 aliphatic rings. The van der Waals surface area contributed by atoms with Gasteiger partial charge in [0.25, 0.3) is 0 Å². The number of hydrogen-bond acceptors (Lipinski definition) is 1. The van der Waals surface area contributed by atoms with Gasteiger partial charge in [-0.2, -0.15) is 0 Å². The topological polar surface area (TPSA) is 20.2 Å². The summed E-state index contributed by atoms with van der Waals surface area (Å²) in [4.78, 5) is 0. The molecule has 178 valence electrons. The van der Waals surface area contributed by atoms with Gasteiger partial charge < -0.3 is 5.11 Å². The summed E-state index contributed by atoms with van der Waals surface area (Å²) in [5, 5.41) is 11.2. The van der Waals surface area contributed by atoms with E-state index in [0.717, 1.165) is 18.3 Å². The van der Waals surface area contributed by atoms with Gasteiger partial charge in [-0.3, -0.25) is 0 Å². The van der Waals surface area contributed by atoms with Gasteiger partial charge in [0, 0.05) is 0 Å². The van der Waals surface area contributed by atoms with Crippen LogP contribution in [0, 0.1) is 34.0 Å². The first-order valence-electron chi connectivity index (χ1n) is 14.0. The molecule has 5 aliphatic carbocycles. The predicted octanol–water partition coefficient (Wildman–Crippen LogP) is 8.54. The second-order valence-corrected chi connectivity index (χ2v) is 13.2. The lowest BCUT2D eigenvalue weighted by atomic mass is 9.45. The molecule has 6 atom stereocenters. The highest BCUT2D eigenvalue weighted by Gasteiger charge is 2.60. The Labute approximate surface area is 197 Å². The quantitative estimate of drug-likeness (QED) is 0.438. The molecule has 0 saturated heterocycles. The van der Waals surface area contributed by atoms with Crippen LogP contribution < -0.4 is 0 Å². The lowest BCUT2D eigenvalue weighted by Gasteiger charge is -2.60. The number of aliphatic hydroxyl groups is 1. The molecule has 2 fully saturated rings. The van der Waals surface area contributed by atoms with E-state index in [-0.39, 0.29) is 11.5 Å². The Morgan fingerprint density at radius 3 is 2.53 bits per heavy atom. The van der Waals surface area contributed by atoms with Gasteiger partial charge in [0.05, 0.1) is 6.10 Å². The molecule has 0 aromatic heterocycles. The van der Waals surface area contributed by atoms with Crippen LogP contribution in [0.4, 0.5) is 0 Å². The zero-order valence-corrected chi connectivity index (χ0v) is 21.6. The van der Waals surface area contributed by atoms with Gasteiger partial charge in [-0.05, 0) is 130 Å². The first-order chi connectivity index (χ1) is 15.2. The number of fused-ring (bicyclic) bond motifs is 5. The number of aliphatic hydroxyl groups excluding tert-OH is 1. The molecule has 5 rings (SSSR count). The third-order valence-corrected chi connectivity index (χ3v) is 11.4. The SMILES string of the molecule is CC(C)=CCC[C@@H](C)[C@H]1CC=C2C3=C(CC[C@@]21C)[C@@]1(C)CCC(O)C2(CCCC2)C1CC3. The van der Waals surface area contributed by atoms with Crippen molar-refractivity contribution in [3.05, 3.63) is 34.4 Å². The van der Waals surface area contributed by atoms with Crippen LogP contribution in [-0.2, 0) is 0 Å². The summed E-state index contributed by atoms with van der Waals surface area (Å²) in [6, 6.07) is 0. The van der Waals surface area contributed by atoms with Crippen LogP contribution in [0.2, 0.25) is 0 Å². The average molecular weight is 437 g/mol. The smallest absolute Gasteiger partial charge is 0.0599 e. The van der Waals surface area contributed by atoms with Crippen molar-refractivity contribution < 1.29 is 5.11 Å². The van der Waals surface area contributed by atoms with Crippen molar-refractivity contribution in [3.8, 4) is 0 Å². The van der Waals surface area contributed by atoms with E-state index in [4.69, 9.17) is 0 Å². The van der Waals surface area contributed by atoms with Crippen LogP contribution in [0.5, 0.6) is 0 Å². The Kier molecular flexibility index (Phi) is 5.84. The second kappa shape index (κ2) is 8.14. The first kappa shape index (κ1) is 22.9. The van der Waals surface area contributed by atoms with E-state index in [2.05, 4.69) is 46.8 Å². The Morgan fingerprint density at radius 1 is 1.06 bits per heavy atom. The van der Waals surface area contributed by atoms with Gasteiger partial charge >= 0.3 is 0 Å². The summed E-state index contributed by atoms with van der Waals surface area (Å²) in [6.07, 6.45) is 21.7. The molecular weight excluding hydrogens is 388 g/mol. The molecule has 0 bridgehead atoms. The fourth-order valence-corrected chi connectivity index (χ4v) is 9.77. The van der Waals surface area contributed by atoms with Crippen LogP contribution in [0.1, 0.15) is 118 Å².